The minimum atomic E-state index is -0.542. The summed E-state index contributed by atoms with van der Waals surface area (Å²) >= 11 is 1.05. The van der Waals surface area contributed by atoms with Crippen LogP contribution in [0.4, 0.5) is 10.1 Å². The Morgan fingerprint density at radius 1 is 1.26 bits per heavy atom. The van der Waals surface area contributed by atoms with Crippen molar-refractivity contribution in [2.45, 2.75) is 9.79 Å². The molecule has 0 aliphatic heterocycles. The molecule has 0 radical (unpaired) electrons. The van der Waals surface area contributed by atoms with Crippen molar-refractivity contribution in [1.82, 2.24) is 0 Å². The predicted octanol–water partition coefficient (Wildman–Crippen LogP) is 3.76. The average molecular weight is 274 g/mol. The molecule has 0 N–H and O–H groups in total. The number of halogens is 1. The summed E-state index contributed by atoms with van der Waals surface area (Å²) in [7, 11) is 0. The fraction of sp³-hybridized carbons (Fsp3) is 0. The van der Waals surface area contributed by atoms with E-state index in [4.69, 9.17) is 5.26 Å². The minimum Gasteiger partial charge on any atom is -0.258 e. The van der Waals surface area contributed by atoms with Gasteiger partial charge < -0.3 is 0 Å². The Balaban J connectivity index is 2.39. The molecule has 4 nitrogen and oxygen atoms in total. The summed E-state index contributed by atoms with van der Waals surface area (Å²) in [6.07, 6.45) is 0. The summed E-state index contributed by atoms with van der Waals surface area (Å²) in [6, 6.07) is 11.9. The Kier molecular flexibility index (Phi) is 3.78. The zero-order chi connectivity index (χ0) is 13.8. The monoisotopic (exact) mass is 274 g/mol. The van der Waals surface area contributed by atoms with Gasteiger partial charge in [-0.1, -0.05) is 23.9 Å². The molecule has 2 rings (SSSR count). The Hall–Kier alpha value is -2.39. The molecule has 2 aromatic carbocycles. The van der Waals surface area contributed by atoms with Crippen molar-refractivity contribution >= 4 is 17.4 Å². The normalized spacial score (nSPS) is 9.89. The SMILES string of the molecule is N#Cc1cc(F)cc(Sc2ccccc2[N+](=O)[O-])c1. The average Bonchev–Trinajstić information content (AvgIpc) is 2.38. The molecule has 0 amide bonds. The fourth-order valence-corrected chi connectivity index (χ4v) is 2.51. The van der Waals surface area contributed by atoms with Crippen LogP contribution in [0, 0.1) is 27.3 Å². The molecular formula is C13H7FN2O2S. The molecule has 0 unspecified atom stereocenters. The lowest BCUT2D eigenvalue weighted by Gasteiger charge is -2.03. The molecule has 0 spiro atoms. The van der Waals surface area contributed by atoms with E-state index >= 15 is 0 Å². The first-order chi connectivity index (χ1) is 9.10. The largest absolute Gasteiger partial charge is 0.283 e. The molecule has 2 aromatic rings. The molecule has 0 aromatic heterocycles. The molecule has 19 heavy (non-hydrogen) atoms. The molecule has 0 atom stereocenters. The zero-order valence-corrected chi connectivity index (χ0v) is 10.4. The van der Waals surface area contributed by atoms with Gasteiger partial charge in [-0.3, -0.25) is 10.1 Å². The number of nitrogens with zero attached hydrogens (tertiary/aromatic N) is 2. The lowest BCUT2D eigenvalue weighted by atomic mass is 10.2. The highest BCUT2D eigenvalue weighted by atomic mass is 32.2. The Morgan fingerprint density at radius 3 is 2.68 bits per heavy atom. The first-order valence-electron chi connectivity index (χ1n) is 5.22. The highest BCUT2D eigenvalue weighted by Crippen LogP contribution is 2.35. The van der Waals surface area contributed by atoms with Gasteiger partial charge in [-0.25, -0.2) is 4.39 Å². The van der Waals surface area contributed by atoms with E-state index in [-0.39, 0.29) is 11.3 Å². The van der Waals surface area contributed by atoms with Gasteiger partial charge >= 0.3 is 0 Å². The summed E-state index contributed by atoms with van der Waals surface area (Å²) in [5, 5.41) is 19.6. The van der Waals surface area contributed by atoms with Crippen LogP contribution in [0.3, 0.4) is 0 Å². The van der Waals surface area contributed by atoms with E-state index in [0.717, 1.165) is 17.8 Å². The number of hydrogen-bond acceptors (Lipinski definition) is 4. The quantitative estimate of drug-likeness (QED) is 0.631. The van der Waals surface area contributed by atoms with Gasteiger partial charge in [-0.15, -0.1) is 0 Å². The van der Waals surface area contributed by atoms with Crippen molar-refractivity contribution in [2.75, 3.05) is 0 Å². The van der Waals surface area contributed by atoms with Gasteiger partial charge in [0.1, 0.15) is 5.82 Å². The molecular weight excluding hydrogens is 267 g/mol. The highest BCUT2D eigenvalue weighted by Gasteiger charge is 2.14. The third-order valence-electron chi connectivity index (χ3n) is 2.29. The highest BCUT2D eigenvalue weighted by molar-refractivity contribution is 7.99. The standard InChI is InChI=1S/C13H7FN2O2S/c14-10-5-9(8-15)6-11(7-10)19-13-4-2-1-3-12(13)16(17)18/h1-7H. The maximum atomic E-state index is 13.3. The minimum absolute atomic E-state index is 0.0460. The molecule has 0 aliphatic carbocycles. The lowest BCUT2D eigenvalue weighted by Crippen LogP contribution is -1.90. The summed E-state index contributed by atoms with van der Waals surface area (Å²) in [5.74, 6) is -0.542. The van der Waals surface area contributed by atoms with Crippen LogP contribution in [0.1, 0.15) is 5.56 Å². The molecule has 0 fully saturated rings. The van der Waals surface area contributed by atoms with Crippen LogP contribution in [0.25, 0.3) is 0 Å². The smallest absolute Gasteiger partial charge is 0.258 e. The number of benzene rings is 2. The number of rotatable bonds is 3. The van der Waals surface area contributed by atoms with Crippen LogP contribution in [0.15, 0.2) is 52.3 Å². The number of nitro benzene ring substituents is 1. The van der Waals surface area contributed by atoms with E-state index in [9.17, 15) is 14.5 Å². The number of nitriles is 1. The second-order valence-electron chi connectivity index (χ2n) is 3.61. The molecule has 0 aliphatic rings. The van der Waals surface area contributed by atoms with Crippen molar-refractivity contribution in [3.8, 4) is 6.07 Å². The van der Waals surface area contributed by atoms with Crippen LogP contribution in [-0.4, -0.2) is 4.92 Å². The summed E-state index contributed by atoms with van der Waals surface area (Å²) in [5.41, 5.74) is 0.136. The molecule has 0 saturated heterocycles. The molecule has 0 bridgehead atoms. The van der Waals surface area contributed by atoms with Gasteiger partial charge in [-0.2, -0.15) is 5.26 Å². The summed E-state index contributed by atoms with van der Waals surface area (Å²) in [4.78, 5) is 11.2. The lowest BCUT2D eigenvalue weighted by molar-refractivity contribution is -0.387. The maximum absolute atomic E-state index is 13.3. The maximum Gasteiger partial charge on any atom is 0.283 e. The molecule has 6 heteroatoms. The second kappa shape index (κ2) is 5.50. The van der Waals surface area contributed by atoms with Gasteiger partial charge in [0.05, 0.1) is 21.5 Å². The molecule has 94 valence electrons. The van der Waals surface area contributed by atoms with E-state index in [2.05, 4.69) is 0 Å². The van der Waals surface area contributed by atoms with Gasteiger partial charge in [0.25, 0.3) is 5.69 Å². The Labute approximate surface area is 112 Å². The van der Waals surface area contributed by atoms with Crippen LogP contribution in [0.5, 0.6) is 0 Å². The van der Waals surface area contributed by atoms with E-state index in [1.165, 1.54) is 18.2 Å². The first kappa shape index (κ1) is 13.1. The predicted molar refractivity (Wildman–Crippen MR) is 68.3 cm³/mol. The van der Waals surface area contributed by atoms with Gasteiger partial charge in [0, 0.05) is 11.0 Å². The van der Waals surface area contributed by atoms with E-state index in [1.807, 2.05) is 6.07 Å². The van der Waals surface area contributed by atoms with Crippen molar-refractivity contribution < 1.29 is 9.31 Å². The van der Waals surface area contributed by atoms with E-state index in [0.29, 0.717) is 9.79 Å². The third kappa shape index (κ3) is 3.09. The van der Waals surface area contributed by atoms with Gasteiger partial charge in [0.15, 0.2) is 0 Å². The van der Waals surface area contributed by atoms with Crippen molar-refractivity contribution in [3.63, 3.8) is 0 Å². The molecule has 0 saturated carbocycles. The van der Waals surface area contributed by atoms with Crippen molar-refractivity contribution in [2.24, 2.45) is 0 Å². The van der Waals surface area contributed by atoms with Crippen LogP contribution < -0.4 is 0 Å². The van der Waals surface area contributed by atoms with E-state index < -0.39 is 10.7 Å². The number of hydrogen-bond donors (Lipinski definition) is 0. The van der Waals surface area contributed by atoms with Crippen LogP contribution in [-0.2, 0) is 0 Å². The Morgan fingerprint density at radius 2 is 2.00 bits per heavy atom. The summed E-state index contributed by atoms with van der Waals surface area (Å²) < 4.78 is 13.3. The second-order valence-corrected chi connectivity index (χ2v) is 4.73. The van der Waals surface area contributed by atoms with Crippen LogP contribution >= 0.6 is 11.8 Å². The van der Waals surface area contributed by atoms with Crippen molar-refractivity contribution in [3.05, 3.63) is 64.0 Å². The number of para-hydroxylation sites is 1. The zero-order valence-electron chi connectivity index (χ0n) is 9.54. The molecule has 0 heterocycles. The Bertz CT molecular complexity index is 683. The first-order valence-corrected chi connectivity index (χ1v) is 6.04. The fourth-order valence-electron chi connectivity index (χ4n) is 1.51. The topological polar surface area (TPSA) is 66.9 Å². The van der Waals surface area contributed by atoms with Crippen LogP contribution in [0.2, 0.25) is 0 Å². The summed E-state index contributed by atoms with van der Waals surface area (Å²) in [6.45, 7) is 0. The van der Waals surface area contributed by atoms with E-state index in [1.54, 1.807) is 18.2 Å². The van der Waals surface area contributed by atoms with Gasteiger partial charge in [-0.05, 0) is 24.3 Å². The number of nitro groups is 1. The van der Waals surface area contributed by atoms with Gasteiger partial charge in [0.2, 0.25) is 0 Å². The third-order valence-corrected chi connectivity index (χ3v) is 3.33. The van der Waals surface area contributed by atoms with Crippen molar-refractivity contribution in [1.29, 1.82) is 5.26 Å².